The predicted molar refractivity (Wildman–Crippen MR) is 86.8 cm³/mol. The zero-order valence-electron chi connectivity index (χ0n) is 12.9. The summed E-state index contributed by atoms with van der Waals surface area (Å²) in [5.41, 5.74) is 4.02. The highest BCUT2D eigenvalue weighted by molar-refractivity contribution is 6.17. The first-order valence-corrected chi connectivity index (χ1v) is 7.53. The van der Waals surface area contributed by atoms with Crippen molar-refractivity contribution in [3.05, 3.63) is 65.2 Å². The van der Waals surface area contributed by atoms with Crippen molar-refractivity contribution in [3.8, 4) is 0 Å². The van der Waals surface area contributed by atoms with Gasteiger partial charge in [0, 0.05) is 18.8 Å². The molecule has 2 aromatic carbocycles. The van der Waals surface area contributed by atoms with Crippen LogP contribution in [0.4, 0.5) is 5.69 Å². The molecule has 3 heteroatoms. The molecule has 22 heavy (non-hydrogen) atoms. The molecule has 1 saturated heterocycles. The molecular formula is C19H19NO2. The molecular weight excluding hydrogens is 274 g/mol. The lowest BCUT2D eigenvalue weighted by Crippen LogP contribution is -2.42. The van der Waals surface area contributed by atoms with Crippen LogP contribution in [-0.4, -0.2) is 11.8 Å². The molecule has 0 spiro atoms. The number of imide groups is 1. The maximum atomic E-state index is 12.4. The fraction of sp³-hybridized carbons (Fsp3) is 0.263. The Morgan fingerprint density at radius 3 is 1.73 bits per heavy atom. The summed E-state index contributed by atoms with van der Waals surface area (Å²) < 4.78 is 0. The summed E-state index contributed by atoms with van der Waals surface area (Å²) in [6.45, 7) is 4.01. The molecule has 0 bridgehead atoms. The van der Waals surface area contributed by atoms with Crippen molar-refractivity contribution in [3.63, 3.8) is 0 Å². The van der Waals surface area contributed by atoms with Crippen molar-refractivity contribution in [2.45, 2.75) is 32.6 Å². The van der Waals surface area contributed by atoms with Crippen LogP contribution >= 0.6 is 0 Å². The van der Waals surface area contributed by atoms with E-state index in [0.717, 1.165) is 11.1 Å². The molecule has 0 radical (unpaired) electrons. The number of piperidine rings is 1. The van der Waals surface area contributed by atoms with Gasteiger partial charge in [0.2, 0.25) is 11.8 Å². The Labute approximate surface area is 130 Å². The second-order valence-electron chi connectivity index (χ2n) is 5.97. The van der Waals surface area contributed by atoms with Gasteiger partial charge in [-0.15, -0.1) is 0 Å². The maximum absolute atomic E-state index is 12.4. The van der Waals surface area contributed by atoms with Crippen LogP contribution in [0, 0.1) is 13.8 Å². The molecule has 1 fully saturated rings. The van der Waals surface area contributed by atoms with Gasteiger partial charge >= 0.3 is 0 Å². The van der Waals surface area contributed by atoms with Crippen LogP contribution < -0.4 is 4.90 Å². The SMILES string of the molecule is Cc1ccc(C2CC(=O)N(c3ccc(C)cc3)C(=O)C2)cc1. The Morgan fingerprint density at radius 2 is 1.23 bits per heavy atom. The van der Waals surface area contributed by atoms with E-state index in [2.05, 4.69) is 0 Å². The van der Waals surface area contributed by atoms with Gasteiger partial charge < -0.3 is 0 Å². The first-order chi connectivity index (χ1) is 10.5. The van der Waals surface area contributed by atoms with Gasteiger partial charge in [-0.1, -0.05) is 47.5 Å². The van der Waals surface area contributed by atoms with E-state index in [0.29, 0.717) is 18.5 Å². The fourth-order valence-corrected chi connectivity index (χ4v) is 2.87. The van der Waals surface area contributed by atoms with Crippen LogP contribution in [0.25, 0.3) is 0 Å². The van der Waals surface area contributed by atoms with Gasteiger partial charge in [0.25, 0.3) is 0 Å². The maximum Gasteiger partial charge on any atom is 0.234 e. The Hall–Kier alpha value is -2.42. The largest absolute Gasteiger partial charge is 0.274 e. The van der Waals surface area contributed by atoms with E-state index >= 15 is 0 Å². The number of hydrogen-bond donors (Lipinski definition) is 0. The lowest BCUT2D eigenvalue weighted by Gasteiger charge is -2.30. The molecule has 0 N–H and O–H groups in total. The summed E-state index contributed by atoms with van der Waals surface area (Å²) in [5.74, 6) is -0.251. The quantitative estimate of drug-likeness (QED) is 0.791. The Morgan fingerprint density at radius 1 is 0.773 bits per heavy atom. The Balaban J connectivity index is 1.82. The molecule has 0 unspecified atom stereocenters. The molecule has 2 aromatic rings. The van der Waals surface area contributed by atoms with E-state index in [1.165, 1.54) is 10.5 Å². The van der Waals surface area contributed by atoms with Gasteiger partial charge in [0.15, 0.2) is 0 Å². The van der Waals surface area contributed by atoms with E-state index in [1.54, 1.807) is 0 Å². The lowest BCUT2D eigenvalue weighted by atomic mass is 9.88. The summed E-state index contributed by atoms with van der Waals surface area (Å²) in [6.07, 6.45) is 0.755. The van der Waals surface area contributed by atoms with Gasteiger partial charge in [0.1, 0.15) is 0 Å². The van der Waals surface area contributed by atoms with Crippen LogP contribution in [0.3, 0.4) is 0 Å². The van der Waals surface area contributed by atoms with Crippen molar-refractivity contribution in [2.75, 3.05) is 4.90 Å². The van der Waals surface area contributed by atoms with Crippen LogP contribution in [0.1, 0.15) is 35.4 Å². The van der Waals surface area contributed by atoms with E-state index in [1.807, 2.05) is 62.4 Å². The average molecular weight is 293 g/mol. The Kier molecular flexibility index (Phi) is 3.80. The number of benzene rings is 2. The number of rotatable bonds is 2. The third-order valence-electron chi connectivity index (χ3n) is 4.18. The molecule has 0 aliphatic carbocycles. The van der Waals surface area contributed by atoms with Crippen molar-refractivity contribution in [2.24, 2.45) is 0 Å². The van der Waals surface area contributed by atoms with E-state index < -0.39 is 0 Å². The smallest absolute Gasteiger partial charge is 0.234 e. The van der Waals surface area contributed by atoms with Crippen molar-refractivity contribution < 1.29 is 9.59 Å². The third kappa shape index (κ3) is 2.80. The predicted octanol–water partition coefficient (Wildman–Crippen LogP) is 3.74. The highest BCUT2D eigenvalue weighted by Gasteiger charge is 2.34. The molecule has 3 rings (SSSR count). The minimum absolute atomic E-state index is 0.0118. The zero-order chi connectivity index (χ0) is 15.7. The summed E-state index contributed by atoms with van der Waals surface area (Å²) in [4.78, 5) is 26.2. The minimum atomic E-state index is -0.120. The number of amides is 2. The number of nitrogens with zero attached hydrogens (tertiary/aromatic N) is 1. The number of carbonyl (C=O) groups excluding carboxylic acids is 2. The molecule has 1 aliphatic rings. The zero-order valence-corrected chi connectivity index (χ0v) is 12.9. The first kappa shape index (κ1) is 14.5. The average Bonchev–Trinajstić information content (AvgIpc) is 2.49. The number of anilines is 1. The molecule has 0 atom stereocenters. The topological polar surface area (TPSA) is 37.4 Å². The number of hydrogen-bond acceptors (Lipinski definition) is 2. The van der Waals surface area contributed by atoms with Gasteiger partial charge in [-0.25, -0.2) is 0 Å². The molecule has 1 aliphatic heterocycles. The number of carbonyl (C=O) groups is 2. The van der Waals surface area contributed by atoms with E-state index in [-0.39, 0.29) is 17.7 Å². The molecule has 2 amide bonds. The van der Waals surface area contributed by atoms with Gasteiger partial charge in [0.05, 0.1) is 5.69 Å². The monoisotopic (exact) mass is 293 g/mol. The molecule has 0 aromatic heterocycles. The van der Waals surface area contributed by atoms with Crippen LogP contribution in [-0.2, 0) is 9.59 Å². The molecule has 1 heterocycles. The van der Waals surface area contributed by atoms with Gasteiger partial charge in [-0.05, 0) is 31.5 Å². The third-order valence-corrected chi connectivity index (χ3v) is 4.18. The lowest BCUT2D eigenvalue weighted by molar-refractivity contribution is -0.129. The van der Waals surface area contributed by atoms with Crippen LogP contribution in [0.15, 0.2) is 48.5 Å². The summed E-state index contributed by atoms with van der Waals surface area (Å²) in [5, 5.41) is 0. The van der Waals surface area contributed by atoms with Crippen molar-refractivity contribution >= 4 is 17.5 Å². The summed E-state index contributed by atoms with van der Waals surface area (Å²) in [7, 11) is 0. The highest BCUT2D eigenvalue weighted by atomic mass is 16.2. The second kappa shape index (κ2) is 5.76. The fourth-order valence-electron chi connectivity index (χ4n) is 2.87. The Bertz CT molecular complexity index is 683. The van der Waals surface area contributed by atoms with Gasteiger partial charge in [-0.3, -0.25) is 14.5 Å². The molecule has 3 nitrogen and oxygen atoms in total. The van der Waals surface area contributed by atoms with E-state index in [9.17, 15) is 9.59 Å². The molecule has 112 valence electrons. The highest BCUT2D eigenvalue weighted by Crippen LogP contribution is 2.32. The van der Waals surface area contributed by atoms with Gasteiger partial charge in [-0.2, -0.15) is 0 Å². The summed E-state index contributed by atoms with van der Waals surface area (Å²) >= 11 is 0. The standard InChI is InChI=1S/C19H19NO2/c1-13-3-7-15(8-4-13)16-11-18(21)20(19(22)12-16)17-9-5-14(2)6-10-17/h3-10,16H,11-12H2,1-2H3. The molecule has 0 saturated carbocycles. The number of aryl methyl sites for hydroxylation is 2. The van der Waals surface area contributed by atoms with Crippen LogP contribution in [0.2, 0.25) is 0 Å². The normalized spacial score (nSPS) is 16.2. The van der Waals surface area contributed by atoms with Crippen LogP contribution in [0.5, 0.6) is 0 Å². The second-order valence-corrected chi connectivity index (χ2v) is 5.97. The van der Waals surface area contributed by atoms with Crippen molar-refractivity contribution in [1.82, 2.24) is 0 Å². The minimum Gasteiger partial charge on any atom is -0.274 e. The van der Waals surface area contributed by atoms with Crippen molar-refractivity contribution in [1.29, 1.82) is 0 Å². The summed E-state index contributed by atoms with van der Waals surface area (Å²) in [6, 6.07) is 15.6. The van der Waals surface area contributed by atoms with E-state index in [4.69, 9.17) is 0 Å². The first-order valence-electron chi connectivity index (χ1n) is 7.53.